The molecule has 0 bridgehead atoms. The fourth-order valence-corrected chi connectivity index (χ4v) is 2.99. The lowest BCUT2D eigenvalue weighted by Gasteiger charge is -2.05. The molecule has 0 aliphatic heterocycles. The van der Waals surface area contributed by atoms with Gasteiger partial charge in [0.2, 0.25) is 0 Å². The van der Waals surface area contributed by atoms with Crippen molar-refractivity contribution in [3.8, 4) is 5.75 Å². The van der Waals surface area contributed by atoms with Gasteiger partial charge in [-0.2, -0.15) is 0 Å². The van der Waals surface area contributed by atoms with Crippen LogP contribution in [0.5, 0.6) is 5.75 Å². The van der Waals surface area contributed by atoms with Crippen molar-refractivity contribution < 1.29 is 9.90 Å². The third-order valence-corrected chi connectivity index (χ3v) is 2.99. The van der Waals surface area contributed by atoms with Crippen LogP contribution >= 0.6 is 45.2 Å². The van der Waals surface area contributed by atoms with Crippen molar-refractivity contribution in [2.24, 2.45) is 0 Å². The fourth-order valence-electron chi connectivity index (χ4n) is 1.02. The molecule has 0 saturated heterocycles. The molecule has 1 aromatic carbocycles. The van der Waals surface area contributed by atoms with Gasteiger partial charge >= 0.3 is 0 Å². The van der Waals surface area contributed by atoms with Crippen molar-refractivity contribution in [2.75, 3.05) is 0 Å². The highest BCUT2D eigenvalue weighted by atomic mass is 127. The van der Waals surface area contributed by atoms with Crippen LogP contribution < -0.4 is 0 Å². The summed E-state index contributed by atoms with van der Waals surface area (Å²) < 4.78 is 1.83. The number of carbonyl (C=O) groups is 1. The molecular weight excluding hydrogens is 394 g/mol. The van der Waals surface area contributed by atoms with E-state index in [1.165, 1.54) is 6.92 Å². The van der Waals surface area contributed by atoms with Crippen molar-refractivity contribution in [3.05, 3.63) is 24.8 Å². The molecule has 70 valence electrons. The molecule has 2 nitrogen and oxygen atoms in total. The summed E-state index contributed by atoms with van der Waals surface area (Å²) in [5.74, 6) is 0.296. The van der Waals surface area contributed by atoms with E-state index in [0.717, 1.165) is 7.14 Å². The van der Waals surface area contributed by atoms with Gasteiger partial charge in [-0.05, 0) is 64.2 Å². The van der Waals surface area contributed by atoms with Gasteiger partial charge < -0.3 is 5.11 Å². The Morgan fingerprint density at radius 2 is 2.08 bits per heavy atom. The van der Waals surface area contributed by atoms with E-state index in [2.05, 4.69) is 45.2 Å². The smallest absolute Gasteiger partial charge is 0.134 e. The number of Topliss-reactive ketones (excluding diaryl/α,β-unsaturated/α-hetero) is 1. The molecule has 0 aliphatic carbocycles. The number of rotatable bonds is 2. The molecule has 0 amide bonds. The van der Waals surface area contributed by atoms with E-state index in [4.69, 9.17) is 0 Å². The highest BCUT2D eigenvalue weighted by molar-refractivity contribution is 14.1. The number of phenols is 1. The Morgan fingerprint density at radius 3 is 2.62 bits per heavy atom. The van der Waals surface area contributed by atoms with Crippen LogP contribution in [-0.2, 0) is 11.2 Å². The van der Waals surface area contributed by atoms with Gasteiger partial charge in [0.15, 0.2) is 0 Å². The number of benzene rings is 1. The Kier molecular flexibility index (Phi) is 3.96. The topological polar surface area (TPSA) is 37.3 Å². The molecular formula is C9H8I2O2. The van der Waals surface area contributed by atoms with E-state index in [1.807, 2.05) is 12.1 Å². The van der Waals surface area contributed by atoms with E-state index >= 15 is 0 Å². The molecule has 0 atom stereocenters. The maximum atomic E-state index is 10.9. The largest absolute Gasteiger partial charge is 0.507 e. The first-order valence-electron chi connectivity index (χ1n) is 3.67. The number of aromatic hydroxyl groups is 1. The minimum absolute atomic E-state index is 0.0631. The van der Waals surface area contributed by atoms with Crippen LogP contribution in [-0.4, -0.2) is 10.9 Å². The number of ketones is 1. The maximum Gasteiger partial charge on any atom is 0.134 e. The average Bonchev–Trinajstić information content (AvgIpc) is 1.98. The summed E-state index contributed by atoms with van der Waals surface area (Å²) in [5.41, 5.74) is 0.712. The molecule has 1 rings (SSSR count). The van der Waals surface area contributed by atoms with Crippen LogP contribution in [0, 0.1) is 7.14 Å². The zero-order valence-corrected chi connectivity index (χ0v) is 11.3. The lowest BCUT2D eigenvalue weighted by atomic mass is 10.1. The van der Waals surface area contributed by atoms with Gasteiger partial charge in [0.05, 0.1) is 3.57 Å². The standard InChI is InChI=1S/C9H8I2O2/c1-5(12)2-6-3-7(10)4-8(11)9(6)13/h3-4,13H,2H2,1H3. The Hall–Kier alpha value is 0.150. The molecule has 0 fully saturated rings. The summed E-state index contributed by atoms with van der Waals surface area (Å²) in [4.78, 5) is 10.9. The summed E-state index contributed by atoms with van der Waals surface area (Å²) in [7, 11) is 0. The second-order valence-corrected chi connectivity index (χ2v) is 5.18. The molecule has 4 heteroatoms. The van der Waals surface area contributed by atoms with Crippen molar-refractivity contribution in [3.63, 3.8) is 0 Å². The normalized spacial score (nSPS) is 10.1. The lowest BCUT2D eigenvalue weighted by Crippen LogP contribution is -1.98. The first kappa shape index (κ1) is 11.2. The lowest BCUT2D eigenvalue weighted by molar-refractivity contribution is -0.116. The summed E-state index contributed by atoms with van der Waals surface area (Å²) in [6, 6.07) is 3.71. The first-order chi connectivity index (χ1) is 6.00. The van der Waals surface area contributed by atoms with E-state index in [-0.39, 0.29) is 11.5 Å². The van der Waals surface area contributed by atoms with Crippen molar-refractivity contribution in [1.29, 1.82) is 0 Å². The van der Waals surface area contributed by atoms with E-state index < -0.39 is 0 Å². The molecule has 13 heavy (non-hydrogen) atoms. The zero-order valence-electron chi connectivity index (χ0n) is 6.97. The molecule has 1 N–H and O–H groups in total. The van der Waals surface area contributed by atoms with E-state index in [1.54, 1.807) is 0 Å². The van der Waals surface area contributed by atoms with Gasteiger partial charge in [-0.15, -0.1) is 0 Å². The predicted octanol–water partition coefficient (Wildman–Crippen LogP) is 2.73. The average molecular weight is 402 g/mol. The van der Waals surface area contributed by atoms with Crippen LogP contribution in [0.25, 0.3) is 0 Å². The Bertz CT molecular complexity index is 348. The Morgan fingerprint density at radius 1 is 1.46 bits per heavy atom. The van der Waals surface area contributed by atoms with E-state index in [9.17, 15) is 9.90 Å². The van der Waals surface area contributed by atoms with Crippen molar-refractivity contribution in [2.45, 2.75) is 13.3 Å². The van der Waals surface area contributed by atoms with Crippen molar-refractivity contribution >= 4 is 51.0 Å². The molecule has 0 aliphatic rings. The van der Waals surface area contributed by atoms with Gasteiger partial charge in [-0.25, -0.2) is 0 Å². The number of hydrogen-bond donors (Lipinski definition) is 1. The molecule has 1 aromatic rings. The Balaban J connectivity index is 3.12. The molecule has 0 unspecified atom stereocenters. The summed E-state index contributed by atoms with van der Waals surface area (Å²) in [6.45, 7) is 1.52. The fraction of sp³-hybridized carbons (Fsp3) is 0.222. The predicted molar refractivity (Wildman–Crippen MR) is 67.9 cm³/mol. The first-order valence-corrected chi connectivity index (χ1v) is 5.83. The van der Waals surface area contributed by atoms with Gasteiger partial charge in [-0.1, -0.05) is 0 Å². The number of phenolic OH excluding ortho intramolecular Hbond substituents is 1. The van der Waals surface area contributed by atoms with Gasteiger partial charge in [0, 0.05) is 15.6 Å². The molecule has 0 radical (unpaired) electrons. The van der Waals surface area contributed by atoms with Crippen LogP contribution in [0.4, 0.5) is 0 Å². The van der Waals surface area contributed by atoms with Crippen LogP contribution in [0.2, 0.25) is 0 Å². The van der Waals surface area contributed by atoms with Gasteiger partial charge in [0.25, 0.3) is 0 Å². The molecule has 0 aromatic heterocycles. The van der Waals surface area contributed by atoms with Crippen LogP contribution in [0.15, 0.2) is 12.1 Å². The quantitative estimate of drug-likeness (QED) is 0.774. The number of carbonyl (C=O) groups excluding carboxylic acids is 1. The Labute approximate surface area is 104 Å². The number of halogens is 2. The molecule has 0 spiro atoms. The maximum absolute atomic E-state index is 10.9. The highest BCUT2D eigenvalue weighted by Crippen LogP contribution is 2.27. The summed E-state index contributed by atoms with van der Waals surface area (Å²) in [6.07, 6.45) is 0.304. The summed E-state index contributed by atoms with van der Waals surface area (Å²) >= 11 is 4.22. The minimum atomic E-state index is 0.0631. The molecule has 0 heterocycles. The second-order valence-electron chi connectivity index (χ2n) is 2.77. The minimum Gasteiger partial charge on any atom is -0.507 e. The summed E-state index contributed by atoms with van der Waals surface area (Å²) in [5, 5.41) is 9.61. The van der Waals surface area contributed by atoms with Crippen LogP contribution in [0.1, 0.15) is 12.5 Å². The highest BCUT2D eigenvalue weighted by Gasteiger charge is 2.08. The van der Waals surface area contributed by atoms with Crippen LogP contribution in [0.3, 0.4) is 0 Å². The zero-order chi connectivity index (χ0) is 10.0. The van der Waals surface area contributed by atoms with Crippen molar-refractivity contribution in [1.82, 2.24) is 0 Å². The van der Waals surface area contributed by atoms with Gasteiger partial charge in [-0.3, -0.25) is 4.79 Å². The number of hydrogen-bond acceptors (Lipinski definition) is 2. The van der Waals surface area contributed by atoms with E-state index in [0.29, 0.717) is 12.0 Å². The van der Waals surface area contributed by atoms with Gasteiger partial charge in [0.1, 0.15) is 11.5 Å². The third kappa shape index (κ3) is 3.08. The third-order valence-electron chi connectivity index (χ3n) is 1.55. The SMILES string of the molecule is CC(=O)Cc1cc(I)cc(I)c1O. The monoisotopic (exact) mass is 402 g/mol. The molecule has 0 saturated carbocycles. The second kappa shape index (κ2) is 4.59.